The van der Waals surface area contributed by atoms with Crippen LogP contribution in [0, 0.1) is 5.92 Å². The number of ketones is 1. The summed E-state index contributed by atoms with van der Waals surface area (Å²) in [4.78, 5) is 10.8. The van der Waals surface area contributed by atoms with Crippen molar-refractivity contribution >= 4 is 5.78 Å². The van der Waals surface area contributed by atoms with E-state index < -0.39 is 0 Å². The van der Waals surface area contributed by atoms with Gasteiger partial charge in [-0.25, -0.2) is 0 Å². The summed E-state index contributed by atoms with van der Waals surface area (Å²) in [7, 11) is 0. The summed E-state index contributed by atoms with van der Waals surface area (Å²) in [5.74, 6) is 0.344. The number of rotatable bonds is 4. The fraction of sp³-hybridized carbons (Fsp3) is 0.857. The Labute approximate surface area is 56.4 Å². The number of hydrogen-bond acceptors (Lipinski definition) is 2. The molecule has 0 aliphatic rings. The summed E-state index contributed by atoms with van der Waals surface area (Å²) in [6.45, 7) is 4.19. The third-order valence-electron chi connectivity index (χ3n) is 1.47. The van der Waals surface area contributed by atoms with E-state index in [1.807, 2.05) is 6.92 Å². The summed E-state index contributed by atoms with van der Waals surface area (Å²) in [6, 6.07) is 0. The fourth-order valence-electron chi connectivity index (χ4n) is 0.795. The molecule has 0 radical (unpaired) electrons. The van der Waals surface area contributed by atoms with Crippen molar-refractivity contribution in [2.24, 2.45) is 11.7 Å². The van der Waals surface area contributed by atoms with Crippen molar-refractivity contribution in [3.05, 3.63) is 0 Å². The van der Waals surface area contributed by atoms with Gasteiger partial charge in [-0.2, -0.15) is 0 Å². The van der Waals surface area contributed by atoms with Crippen LogP contribution in [-0.4, -0.2) is 12.3 Å². The van der Waals surface area contributed by atoms with Gasteiger partial charge in [-0.3, -0.25) is 4.79 Å². The minimum absolute atomic E-state index is 0.167. The van der Waals surface area contributed by atoms with Gasteiger partial charge in [-0.15, -0.1) is 0 Å². The molecule has 0 spiro atoms. The average molecular weight is 129 g/mol. The zero-order chi connectivity index (χ0) is 7.28. The van der Waals surface area contributed by atoms with Gasteiger partial charge in [0.2, 0.25) is 0 Å². The molecule has 0 saturated carbocycles. The molecule has 0 aliphatic carbocycles. The van der Waals surface area contributed by atoms with Crippen molar-refractivity contribution in [3.63, 3.8) is 0 Å². The maximum absolute atomic E-state index is 10.8. The Balaban J connectivity index is 3.45. The molecule has 0 aromatic heterocycles. The predicted molar refractivity (Wildman–Crippen MR) is 38.1 cm³/mol. The molecule has 0 rings (SSSR count). The second-order valence-corrected chi connectivity index (χ2v) is 2.36. The second-order valence-electron chi connectivity index (χ2n) is 2.36. The Morgan fingerprint density at radius 3 is 2.56 bits per heavy atom. The molecule has 1 atom stereocenters. The maximum atomic E-state index is 10.8. The van der Waals surface area contributed by atoms with Crippen LogP contribution < -0.4 is 5.73 Å². The van der Waals surface area contributed by atoms with Gasteiger partial charge in [0.05, 0.1) is 6.54 Å². The number of Topliss-reactive ketones (excluding diaryl/α,β-unsaturated/α-hetero) is 1. The molecule has 0 bridgehead atoms. The molecule has 2 N–H and O–H groups in total. The van der Waals surface area contributed by atoms with Gasteiger partial charge in [-0.05, 0) is 6.42 Å². The smallest absolute Gasteiger partial charge is 0.149 e. The lowest BCUT2D eigenvalue weighted by Gasteiger charge is -2.04. The van der Waals surface area contributed by atoms with E-state index in [9.17, 15) is 4.79 Å². The molecule has 0 saturated heterocycles. The first-order valence-electron chi connectivity index (χ1n) is 3.45. The van der Waals surface area contributed by atoms with E-state index in [0.29, 0.717) is 0 Å². The molecule has 0 aliphatic heterocycles. The van der Waals surface area contributed by atoms with Crippen molar-refractivity contribution in [3.8, 4) is 0 Å². The van der Waals surface area contributed by atoms with Crippen LogP contribution in [0.4, 0.5) is 0 Å². The highest BCUT2D eigenvalue weighted by molar-refractivity contribution is 5.82. The first-order valence-corrected chi connectivity index (χ1v) is 3.45. The van der Waals surface area contributed by atoms with Crippen LogP contribution in [0.15, 0.2) is 0 Å². The molecular weight excluding hydrogens is 114 g/mol. The van der Waals surface area contributed by atoms with Gasteiger partial charge in [0.25, 0.3) is 0 Å². The van der Waals surface area contributed by atoms with E-state index in [4.69, 9.17) is 5.73 Å². The lowest BCUT2D eigenvalue weighted by Crippen LogP contribution is -2.20. The van der Waals surface area contributed by atoms with Crippen molar-refractivity contribution in [2.45, 2.75) is 26.7 Å². The molecule has 54 valence electrons. The number of hydrogen-bond donors (Lipinski definition) is 1. The van der Waals surface area contributed by atoms with Crippen LogP contribution >= 0.6 is 0 Å². The zero-order valence-corrected chi connectivity index (χ0v) is 6.18. The molecule has 1 unspecified atom stereocenters. The Kier molecular flexibility index (Phi) is 4.32. The van der Waals surface area contributed by atoms with Crippen LogP contribution in [-0.2, 0) is 4.79 Å². The van der Waals surface area contributed by atoms with Crippen LogP contribution in [0.3, 0.4) is 0 Å². The molecule has 0 amide bonds. The molecule has 0 aromatic rings. The van der Waals surface area contributed by atoms with Crippen LogP contribution in [0.2, 0.25) is 0 Å². The quantitative estimate of drug-likeness (QED) is 0.614. The topological polar surface area (TPSA) is 43.1 Å². The summed E-state index contributed by atoms with van der Waals surface area (Å²) in [6.07, 6.45) is 2.03. The third kappa shape index (κ3) is 3.25. The highest BCUT2D eigenvalue weighted by Crippen LogP contribution is 2.04. The van der Waals surface area contributed by atoms with E-state index >= 15 is 0 Å². The standard InChI is InChI=1S/C7H15NO/c1-3-4-6(2)7(9)5-8/h6H,3-5,8H2,1-2H3. The van der Waals surface area contributed by atoms with Crippen LogP contribution in [0.5, 0.6) is 0 Å². The van der Waals surface area contributed by atoms with Gasteiger partial charge < -0.3 is 5.73 Å². The zero-order valence-electron chi connectivity index (χ0n) is 6.18. The van der Waals surface area contributed by atoms with E-state index in [-0.39, 0.29) is 18.2 Å². The Bertz CT molecular complexity index is 90.9. The van der Waals surface area contributed by atoms with Crippen LogP contribution in [0.1, 0.15) is 26.7 Å². The van der Waals surface area contributed by atoms with E-state index in [1.165, 1.54) is 0 Å². The first-order chi connectivity index (χ1) is 4.22. The first kappa shape index (κ1) is 8.63. The van der Waals surface area contributed by atoms with Gasteiger partial charge in [0.15, 0.2) is 0 Å². The molecule has 0 aromatic carbocycles. The normalized spacial score (nSPS) is 13.2. The van der Waals surface area contributed by atoms with Crippen molar-refractivity contribution in [2.75, 3.05) is 6.54 Å². The lowest BCUT2D eigenvalue weighted by atomic mass is 10.0. The molecule has 0 fully saturated rings. The summed E-state index contributed by atoms with van der Waals surface area (Å²) in [5, 5.41) is 0. The van der Waals surface area contributed by atoms with Crippen molar-refractivity contribution in [1.82, 2.24) is 0 Å². The number of carbonyl (C=O) groups is 1. The van der Waals surface area contributed by atoms with Gasteiger partial charge in [0, 0.05) is 5.92 Å². The van der Waals surface area contributed by atoms with E-state index in [1.54, 1.807) is 0 Å². The molecule has 0 heterocycles. The van der Waals surface area contributed by atoms with Crippen molar-refractivity contribution in [1.29, 1.82) is 0 Å². The van der Waals surface area contributed by atoms with Crippen molar-refractivity contribution < 1.29 is 4.79 Å². The monoisotopic (exact) mass is 129 g/mol. The van der Waals surface area contributed by atoms with E-state index in [0.717, 1.165) is 12.8 Å². The fourth-order valence-corrected chi connectivity index (χ4v) is 0.795. The Hall–Kier alpha value is -0.370. The SMILES string of the molecule is CCCC(C)C(=O)CN. The number of carbonyl (C=O) groups excluding carboxylic acids is 1. The largest absolute Gasteiger partial charge is 0.324 e. The summed E-state index contributed by atoms with van der Waals surface area (Å²) in [5.41, 5.74) is 5.15. The van der Waals surface area contributed by atoms with Crippen LogP contribution in [0.25, 0.3) is 0 Å². The minimum Gasteiger partial charge on any atom is -0.324 e. The Morgan fingerprint density at radius 2 is 2.22 bits per heavy atom. The Morgan fingerprint density at radius 1 is 1.67 bits per heavy atom. The highest BCUT2D eigenvalue weighted by atomic mass is 16.1. The average Bonchev–Trinajstić information content (AvgIpc) is 1.87. The minimum atomic E-state index is 0.167. The lowest BCUT2D eigenvalue weighted by molar-refractivity contribution is -0.121. The molecule has 9 heavy (non-hydrogen) atoms. The predicted octanol–water partition coefficient (Wildman–Crippen LogP) is 0.950. The van der Waals surface area contributed by atoms with E-state index in [2.05, 4.69) is 6.92 Å². The third-order valence-corrected chi connectivity index (χ3v) is 1.47. The molecule has 2 heteroatoms. The highest BCUT2D eigenvalue weighted by Gasteiger charge is 2.07. The molecular formula is C7H15NO. The summed E-state index contributed by atoms with van der Waals surface area (Å²) < 4.78 is 0. The van der Waals surface area contributed by atoms with Gasteiger partial charge in [-0.1, -0.05) is 20.3 Å². The molecule has 2 nitrogen and oxygen atoms in total. The second kappa shape index (κ2) is 4.50. The number of nitrogens with two attached hydrogens (primary N) is 1. The van der Waals surface area contributed by atoms with Gasteiger partial charge in [0.1, 0.15) is 5.78 Å². The maximum Gasteiger partial charge on any atom is 0.149 e. The van der Waals surface area contributed by atoms with Gasteiger partial charge >= 0.3 is 0 Å². The summed E-state index contributed by atoms with van der Waals surface area (Å²) >= 11 is 0.